The van der Waals surface area contributed by atoms with Crippen LogP contribution in [0.5, 0.6) is 0 Å². The molecule has 0 saturated carbocycles. The Morgan fingerprint density at radius 1 is 1.62 bits per heavy atom. The number of amides is 1. The minimum absolute atomic E-state index is 0.0117. The minimum Gasteiger partial charge on any atom is -0.373 e. The van der Waals surface area contributed by atoms with Crippen molar-refractivity contribution in [2.24, 2.45) is 5.92 Å². The maximum absolute atomic E-state index is 15.7. The second-order valence-electron chi connectivity index (χ2n) is 7.52. The molecule has 32 heavy (non-hydrogen) atoms. The topological polar surface area (TPSA) is 144 Å². The Hall–Kier alpha value is -2.45. The first-order valence-corrected chi connectivity index (χ1v) is 11.6. The van der Waals surface area contributed by atoms with Crippen LogP contribution in [0, 0.1) is 17.2 Å². The number of nitriles is 1. The summed E-state index contributed by atoms with van der Waals surface area (Å²) in [7, 11) is -1.51. The zero-order chi connectivity index (χ0) is 24.1. The number of nitrogens with zero attached hydrogens (tertiary/aromatic N) is 4. The summed E-state index contributed by atoms with van der Waals surface area (Å²) < 4.78 is 41.6. The van der Waals surface area contributed by atoms with E-state index in [1.807, 2.05) is 6.07 Å². The number of carbonyl (C=O) groups is 1. The van der Waals surface area contributed by atoms with Gasteiger partial charge in [0.25, 0.3) is 5.56 Å². The van der Waals surface area contributed by atoms with E-state index in [1.54, 1.807) is 20.5 Å². The van der Waals surface area contributed by atoms with Crippen molar-refractivity contribution in [3.63, 3.8) is 0 Å². The lowest BCUT2D eigenvalue weighted by Gasteiger charge is -2.38. The SMILES string of the molecule is [2H]C[C@H]1OC[C@@H](n2cnc3c(=O)[nH]c(NC(=O)C(C)C)nc32)[C@H](F)C1OP(C)OCCC#N. The Balaban J connectivity index is 1.87. The Morgan fingerprint density at radius 2 is 2.41 bits per heavy atom. The fraction of sp³-hybridized carbons (Fsp3) is 0.632. The average Bonchev–Trinajstić information content (AvgIpc) is 3.19. The van der Waals surface area contributed by atoms with E-state index in [9.17, 15) is 9.59 Å². The number of ether oxygens (including phenoxy) is 1. The normalized spacial score (nSPS) is 24.8. The predicted octanol–water partition coefficient (Wildman–Crippen LogP) is 2.27. The quantitative estimate of drug-likeness (QED) is 0.443. The van der Waals surface area contributed by atoms with Gasteiger partial charge in [-0.1, -0.05) is 13.8 Å². The highest BCUT2D eigenvalue weighted by Crippen LogP contribution is 2.41. The minimum atomic E-state index is -1.62. The number of carbonyl (C=O) groups excluding carboxylic acids is 1. The summed E-state index contributed by atoms with van der Waals surface area (Å²) in [6.45, 7) is 4.88. The molecule has 2 aromatic heterocycles. The molecule has 0 bridgehead atoms. The molecule has 0 spiro atoms. The molecule has 1 amide bonds. The van der Waals surface area contributed by atoms with Gasteiger partial charge in [-0.25, -0.2) is 9.37 Å². The molecule has 1 fully saturated rings. The van der Waals surface area contributed by atoms with Gasteiger partial charge in [0.05, 0.1) is 44.2 Å². The molecular weight excluding hydrogens is 442 g/mol. The van der Waals surface area contributed by atoms with Crippen molar-refractivity contribution in [3.05, 3.63) is 16.7 Å². The lowest BCUT2D eigenvalue weighted by Crippen LogP contribution is -2.48. The number of H-pyrrole nitrogens is 1. The fourth-order valence-electron chi connectivity index (χ4n) is 3.10. The number of anilines is 1. The van der Waals surface area contributed by atoms with Gasteiger partial charge in [-0.2, -0.15) is 10.2 Å². The first-order valence-electron chi connectivity index (χ1n) is 10.7. The molecule has 11 nitrogen and oxygen atoms in total. The number of aromatic nitrogens is 4. The maximum Gasteiger partial charge on any atom is 0.280 e. The zero-order valence-electron chi connectivity index (χ0n) is 18.9. The molecule has 1 saturated heterocycles. The van der Waals surface area contributed by atoms with Gasteiger partial charge in [0, 0.05) is 14.0 Å². The molecule has 0 aliphatic carbocycles. The van der Waals surface area contributed by atoms with Gasteiger partial charge in [0.15, 0.2) is 25.7 Å². The molecule has 13 heteroatoms. The number of aromatic amines is 1. The van der Waals surface area contributed by atoms with Crippen LogP contribution in [0.15, 0.2) is 11.1 Å². The maximum atomic E-state index is 15.7. The van der Waals surface area contributed by atoms with Gasteiger partial charge in [0.1, 0.15) is 6.10 Å². The van der Waals surface area contributed by atoms with E-state index in [1.165, 1.54) is 10.9 Å². The van der Waals surface area contributed by atoms with Crippen molar-refractivity contribution in [3.8, 4) is 6.07 Å². The van der Waals surface area contributed by atoms with Crippen LogP contribution >= 0.6 is 8.38 Å². The number of imidazole rings is 1. The van der Waals surface area contributed by atoms with Crippen LogP contribution in [0.4, 0.5) is 10.3 Å². The first-order chi connectivity index (χ1) is 15.8. The Kier molecular flexibility index (Phi) is 7.42. The van der Waals surface area contributed by atoms with Crippen LogP contribution in [0.3, 0.4) is 0 Å². The van der Waals surface area contributed by atoms with E-state index < -0.39 is 38.4 Å². The summed E-state index contributed by atoms with van der Waals surface area (Å²) in [5.74, 6) is -0.746. The largest absolute Gasteiger partial charge is 0.373 e. The molecule has 174 valence electrons. The standard InChI is InChI=1S/C19H26FN6O5P/c1-10(2)17(27)24-19-23-16-14(18(28)25-19)22-9-26(16)12-8-29-11(3)15(13(12)20)31-32(4)30-7-5-6-21/h9-13,15H,5,7-8H2,1-4H3,(H2,23,24,25,27,28)/t11-,12-,13+,15?,32?/m1/s1/i3D. The molecule has 3 rings (SSSR count). The molecule has 2 unspecified atom stereocenters. The average molecular weight is 469 g/mol. The van der Waals surface area contributed by atoms with E-state index >= 15 is 4.39 Å². The van der Waals surface area contributed by atoms with Gasteiger partial charge in [-0.15, -0.1) is 0 Å². The van der Waals surface area contributed by atoms with Crippen molar-refractivity contribution in [2.75, 3.05) is 25.2 Å². The van der Waals surface area contributed by atoms with Crippen molar-refractivity contribution in [1.82, 2.24) is 19.5 Å². The summed E-state index contributed by atoms with van der Waals surface area (Å²) in [5, 5.41) is 11.2. The number of fused-ring (bicyclic) bond motifs is 1. The molecule has 0 radical (unpaired) electrons. The third kappa shape index (κ3) is 5.30. The molecule has 1 aliphatic heterocycles. The highest BCUT2D eigenvalue weighted by atomic mass is 31.2. The summed E-state index contributed by atoms with van der Waals surface area (Å²) in [6, 6.07) is 1.02. The highest BCUT2D eigenvalue weighted by Gasteiger charge is 2.42. The number of rotatable bonds is 8. The smallest absolute Gasteiger partial charge is 0.280 e. The Labute approximate surface area is 186 Å². The Bertz CT molecular complexity index is 1080. The lowest BCUT2D eigenvalue weighted by atomic mass is 10.0. The van der Waals surface area contributed by atoms with E-state index in [0.717, 1.165) is 0 Å². The van der Waals surface area contributed by atoms with Crippen LogP contribution < -0.4 is 10.9 Å². The van der Waals surface area contributed by atoms with E-state index in [0.29, 0.717) is 0 Å². The van der Waals surface area contributed by atoms with Crippen LogP contribution in [-0.4, -0.2) is 63.7 Å². The predicted molar refractivity (Wildman–Crippen MR) is 115 cm³/mol. The highest BCUT2D eigenvalue weighted by molar-refractivity contribution is 7.46. The van der Waals surface area contributed by atoms with Crippen LogP contribution in [-0.2, 0) is 18.6 Å². The van der Waals surface area contributed by atoms with Gasteiger partial charge < -0.3 is 18.4 Å². The summed E-state index contributed by atoms with van der Waals surface area (Å²) in [5.41, 5.74) is -0.506. The lowest BCUT2D eigenvalue weighted by molar-refractivity contribution is -0.119. The number of alkyl halides is 1. The number of nitrogens with one attached hydrogen (secondary N) is 2. The van der Waals surface area contributed by atoms with Gasteiger partial charge in [-0.05, 0) is 6.90 Å². The van der Waals surface area contributed by atoms with Gasteiger partial charge in [-0.3, -0.25) is 19.9 Å². The number of halogens is 1. The molecule has 2 N–H and O–H groups in total. The third-order valence-electron chi connectivity index (χ3n) is 4.84. The first kappa shape index (κ1) is 22.7. The van der Waals surface area contributed by atoms with Crippen LogP contribution in [0.1, 0.15) is 34.6 Å². The molecule has 2 aromatic rings. The van der Waals surface area contributed by atoms with Crippen LogP contribution in [0.2, 0.25) is 0 Å². The molecule has 1 aliphatic rings. The monoisotopic (exact) mass is 469 g/mol. The molecule has 5 atom stereocenters. The van der Waals surface area contributed by atoms with Crippen LogP contribution in [0.25, 0.3) is 11.2 Å². The number of hydrogen-bond donors (Lipinski definition) is 2. The zero-order valence-corrected chi connectivity index (χ0v) is 18.8. The van der Waals surface area contributed by atoms with E-state index in [2.05, 4.69) is 20.3 Å². The van der Waals surface area contributed by atoms with E-state index in [-0.39, 0.29) is 55.5 Å². The molecular formula is C19H26FN6O5P. The number of hydrogen-bond acceptors (Lipinski definition) is 8. The van der Waals surface area contributed by atoms with Crippen molar-refractivity contribution < 1.29 is 24.3 Å². The second-order valence-corrected chi connectivity index (χ2v) is 8.87. The van der Waals surface area contributed by atoms with Crippen molar-refractivity contribution in [2.45, 2.75) is 51.6 Å². The Morgan fingerprint density at radius 3 is 3.09 bits per heavy atom. The molecule has 3 heterocycles. The summed E-state index contributed by atoms with van der Waals surface area (Å²) >= 11 is 0. The second kappa shape index (κ2) is 10.4. The van der Waals surface area contributed by atoms with Crippen molar-refractivity contribution in [1.29, 1.82) is 5.26 Å². The van der Waals surface area contributed by atoms with Gasteiger partial charge >= 0.3 is 0 Å². The van der Waals surface area contributed by atoms with E-state index in [4.69, 9.17) is 20.4 Å². The fourth-order valence-corrected chi connectivity index (χ4v) is 4.11. The van der Waals surface area contributed by atoms with Gasteiger partial charge in [0.2, 0.25) is 11.9 Å². The molecule has 0 aromatic carbocycles. The van der Waals surface area contributed by atoms with Crippen molar-refractivity contribution >= 4 is 31.4 Å². The summed E-state index contributed by atoms with van der Waals surface area (Å²) in [4.78, 5) is 35.2. The third-order valence-corrected chi connectivity index (χ3v) is 5.93. The summed E-state index contributed by atoms with van der Waals surface area (Å²) in [6.07, 6.45) is -2.06.